The number of anilines is 1. The van der Waals surface area contributed by atoms with Crippen molar-refractivity contribution in [2.75, 3.05) is 5.32 Å². The van der Waals surface area contributed by atoms with Gasteiger partial charge in [0.05, 0.1) is 17.1 Å². The van der Waals surface area contributed by atoms with Gasteiger partial charge in [0, 0.05) is 4.47 Å². The van der Waals surface area contributed by atoms with Crippen molar-refractivity contribution in [1.82, 2.24) is 0 Å². The number of rotatable bonds is 2. The van der Waals surface area contributed by atoms with Gasteiger partial charge in [-0.15, -0.1) is 0 Å². The Kier molecular flexibility index (Phi) is 3.48. The molecule has 1 N–H and O–H groups in total. The predicted molar refractivity (Wildman–Crippen MR) is 88.1 cm³/mol. The molecule has 2 aromatic rings. The number of nitrogens with zero attached hydrogens (tertiary/aromatic N) is 1. The molecular weight excluding hydrogens is 384 g/mol. The molecule has 3 rings (SSSR count). The van der Waals surface area contributed by atoms with Gasteiger partial charge in [0.15, 0.2) is 10.7 Å². The molecule has 0 saturated heterocycles. The van der Waals surface area contributed by atoms with Gasteiger partial charge < -0.3 is 5.32 Å². The molecule has 0 bridgehead atoms. The van der Waals surface area contributed by atoms with E-state index in [2.05, 4.69) is 42.2 Å². The largest absolute Gasteiger partial charge is 0.358 e. The van der Waals surface area contributed by atoms with Crippen molar-refractivity contribution in [1.29, 1.82) is 0 Å². The summed E-state index contributed by atoms with van der Waals surface area (Å²) >= 11 is 6.88. The maximum Gasteiger partial charge on any atom is 0.192 e. The number of aldehydes is 1. The van der Waals surface area contributed by atoms with Gasteiger partial charge in [-0.25, -0.2) is 4.99 Å². The lowest BCUT2D eigenvalue weighted by Gasteiger charge is -2.31. The number of carbonyl (C=O) groups is 1. The number of hydrogen-bond acceptors (Lipinski definition) is 3. The molecule has 5 heteroatoms. The van der Waals surface area contributed by atoms with Gasteiger partial charge in [0.25, 0.3) is 0 Å². The standard InChI is InChI=1S/C15H10Br2N2O/c16-11-6-7-12-13(8-11)19-15(17,9-20)14(18-12)10-4-2-1-3-5-10/h1-9,19H. The van der Waals surface area contributed by atoms with E-state index < -0.39 is 4.45 Å². The molecule has 0 spiro atoms. The zero-order chi connectivity index (χ0) is 14.2. The molecule has 2 aromatic carbocycles. The fraction of sp³-hybridized carbons (Fsp3) is 0.0667. The molecule has 1 heterocycles. The van der Waals surface area contributed by atoms with Crippen molar-refractivity contribution in [3.63, 3.8) is 0 Å². The molecule has 0 amide bonds. The van der Waals surface area contributed by atoms with E-state index in [1.54, 1.807) is 0 Å². The van der Waals surface area contributed by atoms with Crippen LogP contribution in [-0.4, -0.2) is 16.4 Å². The second kappa shape index (κ2) is 5.14. The second-order valence-electron chi connectivity index (χ2n) is 4.44. The summed E-state index contributed by atoms with van der Waals surface area (Å²) in [6.07, 6.45) is 0.822. The Bertz CT molecular complexity index is 700. The highest BCUT2D eigenvalue weighted by molar-refractivity contribution is 9.10. The Labute approximate surface area is 133 Å². The number of halogens is 2. The first-order valence-corrected chi connectivity index (χ1v) is 7.58. The van der Waals surface area contributed by atoms with Crippen LogP contribution < -0.4 is 5.32 Å². The topological polar surface area (TPSA) is 41.5 Å². The minimum atomic E-state index is -1.01. The molecule has 1 aliphatic heterocycles. The molecule has 3 nitrogen and oxygen atoms in total. The average molecular weight is 394 g/mol. The van der Waals surface area contributed by atoms with E-state index in [0.717, 1.165) is 27.7 Å². The minimum Gasteiger partial charge on any atom is -0.358 e. The molecular formula is C15H10Br2N2O. The van der Waals surface area contributed by atoms with Gasteiger partial charge in [-0.1, -0.05) is 46.3 Å². The number of alkyl halides is 1. The SMILES string of the molecule is O=CC1(Br)Nc2cc(Br)ccc2N=C1c1ccccc1. The van der Waals surface area contributed by atoms with Crippen molar-refractivity contribution in [3.05, 3.63) is 58.6 Å². The number of nitrogens with one attached hydrogen (secondary N) is 1. The Morgan fingerprint density at radius 3 is 2.60 bits per heavy atom. The van der Waals surface area contributed by atoms with Crippen molar-refractivity contribution in [3.8, 4) is 0 Å². The maximum absolute atomic E-state index is 11.6. The number of fused-ring (bicyclic) bond motifs is 1. The lowest BCUT2D eigenvalue weighted by atomic mass is 10.0. The van der Waals surface area contributed by atoms with Gasteiger partial charge >= 0.3 is 0 Å². The van der Waals surface area contributed by atoms with Gasteiger partial charge in [-0.2, -0.15) is 0 Å². The monoisotopic (exact) mass is 392 g/mol. The number of carbonyl (C=O) groups excluding carboxylic acids is 1. The molecule has 0 fully saturated rings. The molecule has 1 atom stereocenters. The minimum absolute atomic E-state index is 0.655. The smallest absolute Gasteiger partial charge is 0.192 e. The average Bonchev–Trinajstić information content (AvgIpc) is 2.47. The van der Waals surface area contributed by atoms with Crippen LogP contribution in [0, 0.1) is 0 Å². The summed E-state index contributed by atoms with van der Waals surface area (Å²) in [6, 6.07) is 15.4. The highest BCUT2D eigenvalue weighted by Crippen LogP contribution is 2.38. The third-order valence-electron chi connectivity index (χ3n) is 3.06. The van der Waals surface area contributed by atoms with Gasteiger partial charge in [0.1, 0.15) is 0 Å². The fourth-order valence-electron chi connectivity index (χ4n) is 2.12. The zero-order valence-electron chi connectivity index (χ0n) is 10.3. The molecule has 0 aliphatic carbocycles. The first kappa shape index (κ1) is 13.5. The Morgan fingerprint density at radius 1 is 1.15 bits per heavy atom. The van der Waals surface area contributed by atoms with E-state index in [0.29, 0.717) is 5.71 Å². The third kappa shape index (κ3) is 2.31. The zero-order valence-corrected chi connectivity index (χ0v) is 13.5. The van der Waals surface area contributed by atoms with Crippen molar-refractivity contribution in [2.24, 2.45) is 4.99 Å². The van der Waals surface area contributed by atoms with E-state index in [9.17, 15) is 4.79 Å². The summed E-state index contributed by atoms with van der Waals surface area (Å²) in [7, 11) is 0. The summed E-state index contributed by atoms with van der Waals surface area (Å²) in [5.41, 5.74) is 3.17. The lowest BCUT2D eigenvalue weighted by Crippen LogP contribution is -2.44. The fourth-order valence-corrected chi connectivity index (χ4v) is 3.01. The molecule has 100 valence electrons. The van der Waals surface area contributed by atoms with Gasteiger partial charge in [-0.3, -0.25) is 4.79 Å². The summed E-state index contributed by atoms with van der Waals surface area (Å²) in [6.45, 7) is 0. The first-order valence-electron chi connectivity index (χ1n) is 6.00. The maximum atomic E-state index is 11.6. The van der Waals surface area contributed by atoms with Crippen LogP contribution in [0.25, 0.3) is 0 Å². The number of hydrogen-bond donors (Lipinski definition) is 1. The molecule has 1 aliphatic rings. The summed E-state index contributed by atoms with van der Waals surface area (Å²) < 4.78 is -0.0786. The van der Waals surface area contributed by atoms with Gasteiger partial charge in [0.2, 0.25) is 0 Å². The molecule has 0 saturated carbocycles. The van der Waals surface area contributed by atoms with Crippen LogP contribution in [0.4, 0.5) is 11.4 Å². The van der Waals surface area contributed by atoms with Crippen molar-refractivity contribution >= 4 is 55.2 Å². The van der Waals surface area contributed by atoms with Crippen LogP contribution in [0.15, 0.2) is 58.0 Å². The summed E-state index contributed by atoms with van der Waals surface area (Å²) in [5, 5.41) is 3.20. The highest BCUT2D eigenvalue weighted by Gasteiger charge is 2.37. The summed E-state index contributed by atoms with van der Waals surface area (Å²) in [5.74, 6) is 0. The van der Waals surface area contributed by atoms with Crippen LogP contribution in [0.2, 0.25) is 0 Å². The van der Waals surface area contributed by atoms with Crippen LogP contribution in [0.5, 0.6) is 0 Å². The lowest BCUT2D eigenvalue weighted by molar-refractivity contribution is -0.107. The van der Waals surface area contributed by atoms with Crippen LogP contribution >= 0.6 is 31.9 Å². The van der Waals surface area contributed by atoms with E-state index in [-0.39, 0.29) is 0 Å². The molecule has 20 heavy (non-hydrogen) atoms. The van der Waals surface area contributed by atoms with E-state index >= 15 is 0 Å². The number of aliphatic imine (C=N–C) groups is 1. The first-order chi connectivity index (χ1) is 9.62. The predicted octanol–water partition coefficient (Wildman–Crippen LogP) is 4.29. The third-order valence-corrected chi connectivity index (χ3v) is 4.32. The molecule has 0 radical (unpaired) electrons. The normalized spacial score (nSPS) is 20.6. The van der Waals surface area contributed by atoms with Crippen LogP contribution in [0.1, 0.15) is 5.56 Å². The quantitative estimate of drug-likeness (QED) is 0.469. The molecule has 0 aromatic heterocycles. The van der Waals surface area contributed by atoms with E-state index in [1.165, 1.54) is 0 Å². The second-order valence-corrected chi connectivity index (χ2v) is 6.61. The van der Waals surface area contributed by atoms with E-state index in [1.807, 2.05) is 48.5 Å². The molecule has 1 unspecified atom stereocenters. The Balaban J connectivity index is 2.19. The van der Waals surface area contributed by atoms with Crippen LogP contribution in [0.3, 0.4) is 0 Å². The Morgan fingerprint density at radius 2 is 1.90 bits per heavy atom. The van der Waals surface area contributed by atoms with Crippen molar-refractivity contribution in [2.45, 2.75) is 4.45 Å². The van der Waals surface area contributed by atoms with Gasteiger partial charge in [-0.05, 0) is 39.7 Å². The Hall–Kier alpha value is -1.46. The number of benzene rings is 2. The van der Waals surface area contributed by atoms with Crippen LogP contribution in [-0.2, 0) is 4.79 Å². The highest BCUT2D eigenvalue weighted by atomic mass is 79.9. The van der Waals surface area contributed by atoms with Crippen molar-refractivity contribution < 1.29 is 4.79 Å². The summed E-state index contributed by atoms with van der Waals surface area (Å²) in [4.78, 5) is 16.2. The van der Waals surface area contributed by atoms with E-state index in [4.69, 9.17) is 0 Å².